The van der Waals surface area contributed by atoms with Crippen LogP contribution in [0.5, 0.6) is 0 Å². The fourth-order valence-corrected chi connectivity index (χ4v) is 9.09. The number of unbranched alkanes of at least 4 members (excludes halogenated alkanes) is 28. The second-order valence-corrected chi connectivity index (χ2v) is 21.6. The summed E-state index contributed by atoms with van der Waals surface area (Å²) in [6.45, 7) is 6.40. The van der Waals surface area contributed by atoms with Crippen LogP contribution in [0.2, 0.25) is 0 Å². The standard InChI is InChI=1S/C73H122O6/c1-4-7-10-13-16-19-22-25-27-29-31-32-33-34-35-36-37-38-39-40-42-43-45-48-51-54-57-60-63-66-72(75)78-69-70(68-77-71(74)65-62-59-56-53-50-47-24-21-18-15-12-9-6-3)79-73(76)67-64-61-58-55-52-49-46-44-41-30-28-26-23-20-17-14-11-8-5-2/h7-8,10-11,16-17,19-20,25-28,31-32,34-35,41,44,49,52,70H,4-6,9,12-15,18,21-24,29-30,33,36-40,42-43,45-48,50-51,53-69H2,1-3H3/b10-7-,11-8-,19-16-,20-17-,27-25-,28-26-,32-31-,35-34-,44-41-,52-49-. The highest BCUT2D eigenvalue weighted by atomic mass is 16.6. The van der Waals surface area contributed by atoms with E-state index in [-0.39, 0.29) is 37.5 Å². The summed E-state index contributed by atoms with van der Waals surface area (Å²) < 4.78 is 16.9. The molecule has 1 atom stereocenters. The highest BCUT2D eigenvalue weighted by Crippen LogP contribution is 2.16. The summed E-state index contributed by atoms with van der Waals surface area (Å²) in [7, 11) is 0. The summed E-state index contributed by atoms with van der Waals surface area (Å²) >= 11 is 0. The van der Waals surface area contributed by atoms with E-state index in [0.29, 0.717) is 12.8 Å². The van der Waals surface area contributed by atoms with E-state index in [1.807, 2.05) is 0 Å². The van der Waals surface area contributed by atoms with Crippen molar-refractivity contribution in [2.75, 3.05) is 13.2 Å². The Kier molecular flexibility index (Phi) is 62.8. The number of allylic oxidation sites excluding steroid dienone is 20. The molecule has 0 bridgehead atoms. The quantitative estimate of drug-likeness (QED) is 0.0261. The third-order valence-electron chi connectivity index (χ3n) is 14.0. The Labute approximate surface area is 488 Å². The molecule has 79 heavy (non-hydrogen) atoms. The minimum absolute atomic E-state index is 0.0905. The largest absolute Gasteiger partial charge is 0.462 e. The first-order chi connectivity index (χ1) is 39.0. The molecule has 0 radical (unpaired) electrons. The lowest BCUT2D eigenvalue weighted by molar-refractivity contribution is -0.167. The maximum atomic E-state index is 12.9. The van der Waals surface area contributed by atoms with E-state index >= 15 is 0 Å². The van der Waals surface area contributed by atoms with E-state index in [9.17, 15) is 14.4 Å². The minimum Gasteiger partial charge on any atom is -0.462 e. The van der Waals surface area contributed by atoms with Gasteiger partial charge in [-0.3, -0.25) is 14.4 Å². The van der Waals surface area contributed by atoms with Crippen LogP contribution in [0, 0.1) is 0 Å². The summed E-state index contributed by atoms with van der Waals surface area (Å²) in [4.78, 5) is 38.3. The zero-order valence-corrected chi connectivity index (χ0v) is 51.6. The van der Waals surface area contributed by atoms with Gasteiger partial charge in [-0.25, -0.2) is 0 Å². The molecule has 6 heteroatoms. The number of rotatable bonds is 59. The second-order valence-electron chi connectivity index (χ2n) is 21.6. The summed E-state index contributed by atoms with van der Waals surface area (Å²) in [6.07, 6.45) is 92.1. The minimum atomic E-state index is -0.798. The molecule has 0 aliphatic rings. The molecule has 0 aliphatic heterocycles. The van der Waals surface area contributed by atoms with Crippen molar-refractivity contribution < 1.29 is 28.6 Å². The van der Waals surface area contributed by atoms with E-state index in [1.54, 1.807) is 0 Å². The molecule has 0 N–H and O–H groups in total. The maximum absolute atomic E-state index is 12.9. The molecule has 0 heterocycles. The normalized spacial score (nSPS) is 12.9. The van der Waals surface area contributed by atoms with Crippen LogP contribution in [0.25, 0.3) is 0 Å². The zero-order valence-electron chi connectivity index (χ0n) is 51.6. The number of carbonyl (C=O) groups excluding carboxylic acids is 3. The Bertz CT molecular complexity index is 1640. The van der Waals surface area contributed by atoms with Crippen molar-refractivity contribution >= 4 is 17.9 Å². The molecule has 0 aromatic rings. The van der Waals surface area contributed by atoms with Crippen LogP contribution in [0.3, 0.4) is 0 Å². The van der Waals surface area contributed by atoms with Gasteiger partial charge in [-0.15, -0.1) is 0 Å². The van der Waals surface area contributed by atoms with Crippen molar-refractivity contribution in [3.05, 3.63) is 122 Å². The van der Waals surface area contributed by atoms with Gasteiger partial charge in [0.05, 0.1) is 0 Å². The van der Waals surface area contributed by atoms with E-state index in [4.69, 9.17) is 14.2 Å². The molecule has 0 fully saturated rings. The number of carbonyl (C=O) groups is 3. The summed E-state index contributed by atoms with van der Waals surface area (Å²) in [5.41, 5.74) is 0. The van der Waals surface area contributed by atoms with Crippen molar-refractivity contribution in [2.45, 2.75) is 309 Å². The van der Waals surface area contributed by atoms with Crippen molar-refractivity contribution in [2.24, 2.45) is 0 Å². The molecule has 0 aromatic heterocycles. The average Bonchev–Trinajstić information content (AvgIpc) is 3.45. The number of hydrogen-bond acceptors (Lipinski definition) is 6. The van der Waals surface area contributed by atoms with Gasteiger partial charge in [0, 0.05) is 19.3 Å². The molecular formula is C73H122O6. The lowest BCUT2D eigenvalue weighted by Crippen LogP contribution is -2.30. The Hall–Kier alpha value is -4.19. The first-order valence-electron chi connectivity index (χ1n) is 33.0. The highest BCUT2D eigenvalue weighted by Gasteiger charge is 2.19. The Morgan fingerprint density at radius 2 is 0.494 bits per heavy atom. The summed E-state index contributed by atoms with van der Waals surface area (Å²) in [6, 6.07) is 0. The smallest absolute Gasteiger partial charge is 0.306 e. The van der Waals surface area contributed by atoms with E-state index in [0.717, 1.165) is 128 Å². The monoisotopic (exact) mass is 1090 g/mol. The van der Waals surface area contributed by atoms with E-state index in [1.165, 1.54) is 135 Å². The van der Waals surface area contributed by atoms with Crippen molar-refractivity contribution in [1.29, 1.82) is 0 Å². The van der Waals surface area contributed by atoms with Crippen molar-refractivity contribution in [3.63, 3.8) is 0 Å². The first-order valence-corrected chi connectivity index (χ1v) is 33.0. The highest BCUT2D eigenvalue weighted by molar-refractivity contribution is 5.71. The maximum Gasteiger partial charge on any atom is 0.306 e. The molecule has 0 saturated heterocycles. The van der Waals surface area contributed by atoms with Crippen LogP contribution >= 0.6 is 0 Å². The Morgan fingerprint density at radius 3 is 0.785 bits per heavy atom. The fourth-order valence-electron chi connectivity index (χ4n) is 9.09. The van der Waals surface area contributed by atoms with Crippen LogP contribution in [0.4, 0.5) is 0 Å². The number of esters is 3. The zero-order chi connectivity index (χ0) is 57.1. The van der Waals surface area contributed by atoms with Crippen LogP contribution in [-0.4, -0.2) is 37.2 Å². The van der Waals surface area contributed by atoms with Crippen LogP contribution in [-0.2, 0) is 28.6 Å². The lowest BCUT2D eigenvalue weighted by atomic mass is 10.0. The van der Waals surface area contributed by atoms with Gasteiger partial charge < -0.3 is 14.2 Å². The van der Waals surface area contributed by atoms with Crippen LogP contribution in [0.15, 0.2) is 122 Å². The molecule has 1 unspecified atom stereocenters. The van der Waals surface area contributed by atoms with Crippen molar-refractivity contribution in [1.82, 2.24) is 0 Å². The van der Waals surface area contributed by atoms with Crippen LogP contribution < -0.4 is 0 Å². The van der Waals surface area contributed by atoms with E-state index < -0.39 is 6.10 Å². The van der Waals surface area contributed by atoms with Gasteiger partial charge in [-0.05, 0) is 109 Å². The number of ether oxygens (including phenoxy) is 3. The van der Waals surface area contributed by atoms with Gasteiger partial charge in [0.25, 0.3) is 0 Å². The predicted molar refractivity (Wildman–Crippen MR) is 343 cm³/mol. The van der Waals surface area contributed by atoms with Gasteiger partial charge in [0.2, 0.25) is 0 Å². The lowest BCUT2D eigenvalue weighted by Gasteiger charge is -2.18. The van der Waals surface area contributed by atoms with Gasteiger partial charge in [0.1, 0.15) is 13.2 Å². The van der Waals surface area contributed by atoms with Crippen molar-refractivity contribution in [3.8, 4) is 0 Å². The second kappa shape index (κ2) is 66.3. The molecule has 0 rings (SSSR count). The molecule has 0 amide bonds. The SMILES string of the molecule is CC/C=C\C/C=C\C/C=C\C/C=C\C/C=C\CCCCCCCCCCCCCCCC(=O)OCC(COC(=O)CCCCCCCCCCCCCCC)OC(=O)CCCCC/C=C\C/C=C\C/C=C\C/C=C\C/C=C\CC. The average molecular weight is 1100 g/mol. The number of hydrogen-bond donors (Lipinski definition) is 0. The molecule has 6 nitrogen and oxygen atoms in total. The third kappa shape index (κ3) is 64.5. The Morgan fingerprint density at radius 1 is 0.266 bits per heavy atom. The molecule has 450 valence electrons. The van der Waals surface area contributed by atoms with Gasteiger partial charge in [0.15, 0.2) is 6.10 Å². The molecular weight excluding hydrogens is 973 g/mol. The molecule has 0 aromatic carbocycles. The predicted octanol–water partition coefficient (Wildman–Crippen LogP) is 22.8. The molecule has 0 saturated carbocycles. The van der Waals surface area contributed by atoms with Gasteiger partial charge in [-0.2, -0.15) is 0 Å². The Balaban J connectivity index is 4.32. The third-order valence-corrected chi connectivity index (χ3v) is 14.0. The van der Waals surface area contributed by atoms with Gasteiger partial charge >= 0.3 is 17.9 Å². The molecule has 0 aliphatic carbocycles. The fraction of sp³-hybridized carbons (Fsp3) is 0.685. The van der Waals surface area contributed by atoms with Crippen LogP contribution in [0.1, 0.15) is 303 Å². The summed E-state index contributed by atoms with van der Waals surface area (Å²) in [5.74, 6) is -0.916. The summed E-state index contributed by atoms with van der Waals surface area (Å²) in [5, 5.41) is 0. The first kappa shape index (κ1) is 74.8. The van der Waals surface area contributed by atoms with Gasteiger partial charge in [-0.1, -0.05) is 296 Å². The van der Waals surface area contributed by atoms with E-state index in [2.05, 4.69) is 142 Å². The molecule has 0 spiro atoms. The topological polar surface area (TPSA) is 78.9 Å².